The molecule has 0 spiro atoms. The molecule has 2 fully saturated rings. The molecule has 2 saturated carbocycles. The summed E-state index contributed by atoms with van der Waals surface area (Å²) in [6, 6.07) is 10.5. The predicted molar refractivity (Wildman–Crippen MR) is 292 cm³/mol. The average Bonchev–Trinajstić information content (AvgIpc) is 2.45. The van der Waals surface area contributed by atoms with Crippen LogP contribution in [0.25, 0.3) is 0 Å². The molecular formula is C61H64F8N6O9. The maximum Gasteiger partial charge on any atom is 0.421 e. The number of benzene rings is 2. The summed E-state index contributed by atoms with van der Waals surface area (Å²) in [5.41, 5.74) is -2.00. The van der Waals surface area contributed by atoms with Crippen LogP contribution >= 0.6 is 0 Å². The van der Waals surface area contributed by atoms with Crippen molar-refractivity contribution in [1.82, 2.24) is 15.0 Å². The Balaban J connectivity index is 0.000000241. The highest BCUT2D eigenvalue weighted by molar-refractivity contribution is 6.05. The smallest absolute Gasteiger partial charge is 0.421 e. The molecule has 15 nitrogen and oxygen atoms in total. The summed E-state index contributed by atoms with van der Waals surface area (Å²) in [6.45, 7) is 11.0. The zero-order valence-electron chi connectivity index (χ0n) is 47.2. The number of carboxylic acids is 1. The quantitative estimate of drug-likeness (QED) is 0.0419. The summed E-state index contributed by atoms with van der Waals surface area (Å²) in [4.78, 5) is 66.3. The molecular weight excluding hydrogens is 1110 g/mol. The van der Waals surface area contributed by atoms with E-state index in [0.29, 0.717) is 53.4 Å². The molecule has 4 aromatic heterocycles. The highest BCUT2D eigenvalue weighted by atomic mass is 19.4. The number of ether oxygens (including phenoxy) is 3. The molecule has 2 aliphatic rings. The Bertz CT molecular complexity index is 3330. The monoisotopic (exact) mass is 1180 g/mol. The van der Waals surface area contributed by atoms with E-state index in [-0.39, 0.29) is 64.6 Å². The van der Waals surface area contributed by atoms with Crippen LogP contribution in [0.15, 0.2) is 97.8 Å². The minimum absolute atomic E-state index is 0.0371. The maximum atomic E-state index is 15.5. The first-order chi connectivity index (χ1) is 39.6. The van der Waals surface area contributed by atoms with E-state index in [1.165, 1.54) is 40.7 Å². The van der Waals surface area contributed by atoms with Gasteiger partial charge in [0.2, 0.25) is 23.6 Å². The van der Waals surface area contributed by atoms with Crippen molar-refractivity contribution in [2.24, 2.45) is 23.7 Å². The third-order valence-corrected chi connectivity index (χ3v) is 14.7. The Labute approximate surface area is 480 Å². The number of hydrogen-bond acceptors (Lipinski definition) is 11. The number of carboxylic acid groups (broad SMARTS) is 1. The number of carbonyl (C=O) groups is 4. The molecule has 448 valence electrons. The number of esters is 1. The second-order valence-corrected chi connectivity index (χ2v) is 21.8. The van der Waals surface area contributed by atoms with Crippen LogP contribution in [-0.4, -0.2) is 63.0 Å². The van der Waals surface area contributed by atoms with Gasteiger partial charge in [-0.2, -0.15) is 31.1 Å². The number of alkyl halides is 6. The number of pyridine rings is 4. The lowest BCUT2D eigenvalue weighted by molar-refractivity contribution is -0.605. The number of hydrogen-bond donors (Lipinski definition) is 1. The van der Waals surface area contributed by atoms with Crippen LogP contribution in [0.5, 0.6) is 23.3 Å². The highest BCUT2D eigenvalue weighted by Gasteiger charge is 2.40. The standard InChI is InChI=1S/C31H33F4N3O4.C30H31F4N3O5/c1-18(2)38(29(39)22-9-7-19(3)8-10-22)26-15-25(32)27(14-23(26)30(40)41-4)42-28-24(31(33,34)35)13-21(17-37-28)12-20-6-5-11-36-16-20;1-17(2)37(28(38)21-8-6-18(3)7-9-21)25-14-24(31)26(13-22(25)29(39)40)42-27-23(30(32,33)34)12-20(15-35-27)11-19-5-4-10-36(41)16-19/h5-6,11,13-19,22H,7-10,12H2,1-4H3;4-5,10,12-18,21H,6-9,11H2,1-3H3,(H,39,40). The Kier molecular flexibility index (Phi) is 20.4. The van der Waals surface area contributed by atoms with Gasteiger partial charge in [0.15, 0.2) is 35.5 Å². The molecule has 0 unspecified atom stereocenters. The first-order valence-electron chi connectivity index (χ1n) is 27.3. The summed E-state index contributed by atoms with van der Waals surface area (Å²) in [6.07, 6.45) is 4.14. The zero-order valence-corrected chi connectivity index (χ0v) is 47.2. The van der Waals surface area contributed by atoms with Crippen molar-refractivity contribution in [2.45, 2.75) is 130 Å². The van der Waals surface area contributed by atoms with Gasteiger partial charge >= 0.3 is 24.3 Å². The third kappa shape index (κ3) is 15.7. The summed E-state index contributed by atoms with van der Waals surface area (Å²) in [5.74, 6) is -8.21. The molecule has 1 N–H and O–H groups in total. The molecule has 0 bridgehead atoms. The summed E-state index contributed by atoms with van der Waals surface area (Å²) in [5, 5.41) is 21.5. The molecule has 2 aliphatic carbocycles. The number of aromatic carboxylic acids is 1. The minimum atomic E-state index is -4.95. The lowest BCUT2D eigenvalue weighted by Crippen LogP contribution is -2.43. The Morgan fingerprint density at radius 3 is 1.49 bits per heavy atom. The Hall–Kier alpha value is -8.24. The number of anilines is 2. The van der Waals surface area contributed by atoms with Gasteiger partial charge in [0.1, 0.15) is 11.1 Å². The van der Waals surface area contributed by atoms with E-state index in [0.717, 1.165) is 75.4 Å². The summed E-state index contributed by atoms with van der Waals surface area (Å²) >= 11 is 0. The minimum Gasteiger partial charge on any atom is -0.619 e. The lowest BCUT2D eigenvalue weighted by atomic mass is 9.82. The molecule has 2 aromatic carbocycles. The molecule has 6 aromatic rings. The SMILES string of the molecule is CC1CCC(C(=O)N(c2cc(F)c(Oc3ncc(Cc4ccc[n+]([O-])c4)cc3C(F)(F)F)cc2C(=O)O)C(C)C)CC1.COC(=O)c1cc(Oc2ncc(Cc3cccnc3)cc2C(F)(F)F)c(F)cc1N(C(=O)C1CCC(C)CC1)C(C)C. The predicted octanol–water partition coefficient (Wildman–Crippen LogP) is 13.9. The van der Waals surface area contributed by atoms with Crippen molar-refractivity contribution in [1.29, 1.82) is 0 Å². The fraction of sp³-hybridized carbons (Fsp3) is 0.410. The molecule has 8 rings (SSSR count). The number of aromatic nitrogens is 4. The van der Waals surface area contributed by atoms with Crippen LogP contribution in [0.3, 0.4) is 0 Å². The fourth-order valence-corrected chi connectivity index (χ4v) is 10.3. The van der Waals surface area contributed by atoms with Gasteiger partial charge in [-0.05, 0) is 132 Å². The number of halogens is 8. The van der Waals surface area contributed by atoms with Crippen LogP contribution in [-0.2, 0) is 39.5 Å². The second-order valence-electron chi connectivity index (χ2n) is 21.8. The van der Waals surface area contributed by atoms with Gasteiger partial charge < -0.3 is 34.3 Å². The van der Waals surface area contributed by atoms with Gasteiger partial charge in [-0.3, -0.25) is 14.6 Å². The van der Waals surface area contributed by atoms with E-state index in [9.17, 15) is 55.8 Å². The van der Waals surface area contributed by atoms with Gasteiger partial charge in [0, 0.05) is 97.4 Å². The van der Waals surface area contributed by atoms with Crippen LogP contribution in [0.4, 0.5) is 46.5 Å². The largest absolute Gasteiger partial charge is 0.619 e. The van der Waals surface area contributed by atoms with E-state index in [1.54, 1.807) is 52.1 Å². The lowest BCUT2D eigenvalue weighted by Gasteiger charge is -2.34. The molecule has 0 atom stereocenters. The van der Waals surface area contributed by atoms with E-state index in [2.05, 4.69) is 28.8 Å². The molecule has 0 aliphatic heterocycles. The maximum absolute atomic E-state index is 15.5. The van der Waals surface area contributed by atoms with Gasteiger partial charge in [-0.15, -0.1) is 0 Å². The van der Waals surface area contributed by atoms with Gasteiger partial charge in [-0.25, -0.2) is 28.3 Å². The number of nitrogens with zero attached hydrogens (tertiary/aromatic N) is 6. The van der Waals surface area contributed by atoms with Gasteiger partial charge in [0.25, 0.3) is 0 Å². The first-order valence-corrected chi connectivity index (χ1v) is 27.3. The molecule has 84 heavy (non-hydrogen) atoms. The number of methoxy groups -OCH3 is 1. The molecule has 4 heterocycles. The summed E-state index contributed by atoms with van der Waals surface area (Å²) < 4.78 is 131. The van der Waals surface area contributed by atoms with Gasteiger partial charge in [0.05, 0.1) is 29.6 Å². The van der Waals surface area contributed by atoms with Crippen LogP contribution in [0.2, 0.25) is 0 Å². The van der Waals surface area contributed by atoms with E-state index < -0.39 is 88.0 Å². The van der Waals surface area contributed by atoms with Crippen molar-refractivity contribution >= 4 is 35.1 Å². The van der Waals surface area contributed by atoms with Crippen LogP contribution in [0.1, 0.15) is 147 Å². The average molecular weight is 1180 g/mol. The van der Waals surface area contributed by atoms with Crippen LogP contribution in [0, 0.1) is 40.5 Å². The zero-order chi connectivity index (χ0) is 61.4. The van der Waals surface area contributed by atoms with Gasteiger partial charge in [-0.1, -0.05) is 19.9 Å². The van der Waals surface area contributed by atoms with Crippen molar-refractivity contribution < 1.29 is 78.3 Å². The van der Waals surface area contributed by atoms with Crippen molar-refractivity contribution in [3.8, 4) is 23.3 Å². The van der Waals surface area contributed by atoms with E-state index >= 15 is 8.78 Å². The number of rotatable bonds is 16. The number of amides is 2. The first kappa shape index (κ1) is 63.3. The summed E-state index contributed by atoms with van der Waals surface area (Å²) in [7, 11) is 1.12. The second kappa shape index (κ2) is 27.0. The Morgan fingerprint density at radius 1 is 0.643 bits per heavy atom. The normalized spacial score (nSPS) is 17.2. The molecule has 2 amide bonds. The van der Waals surface area contributed by atoms with Crippen molar-refractivity contribution in [3.05, 3.63) is 159 Å². The van der Waals surface area contributed by atoms with E-state index in [1.807, 2.05) is 0 Å². The molecule has 0 radical (unpaired) electrons. The molecule has 0 saturated heterocycles. The topological polar surface area (TPSA) is 188 Å². The fourth-order valence-electron chi connectivity index (χ4n) is 10.3. The number of carbonyl (C=O) groups excluding carboxylic acids is 3. The molecule has 23 heteroatoms. The van der Waals surface area contributed by atoms with E-state index in [4.69, 9.17) is 14.2 Å². The third-order valence-electron chi connectivity index (χ3n) is 14.7. The van der Waals surface area contributed by atoms with Crippen molar-refractivity contribution in [2.75, 3.05) is 16.9 Å². The van der Waals surface area contributed by atoms with Crippen LogP contribution < -0.4 is 24.0 Å². The Morgan fingerprint density at radius 2 is 1.08 bits per heavy atom. The highest BCUT2D eigenvalue weighted by Crippen LogP contribution is 2.43. The van der Waals surface area contributed by atoms with Crippen molar-refractivity contribution in [3.63, 3.8) is 0 Å².